The Kier molecular flexibility index (Phi) is 4.48. The zero-order valence-electron chi connectivity index (χ0n) is 12.6. The Bertz CT molecular complexity index is 476. The van der Waals surface area contributed by atoms with Crippen molar-refractivity contribution in [1.29, 1.82) is 0 Å². The summed E-state index contributed by atoms with van der Waals surface area (Å²) in [5, 5.41) is 13.2. The van der Waals surface area contributed by atoms with Crippen molar-refractivity contribution < 1.29 is 9.90 Å². The Hall–Kier alpha value is -1.35. The summed E-state index contributed by atoms with van der Waals surface area (Å²) in [5.74, 6) is 0.514. The highest BCUT2D eigenvalue weighted by Crippen LogP contribution is 2.24. The minimum absolute atomic E-state index is 0.0325. The second kappa shape index (κ2) is 5.96. The first-order valence-electron chi connectivity index (χ1n) is 7.51. The van der Waals surface area contributed by atoms with Crippen LogP contribution in [0.3, 0.4) is 0 Å². The lowest BCUT2D eigenvalue weighted by Crippen LogP contribution is -2.41. The number of aliphatic hydroxyl groups is 1. The van der Waals surface area contributed by atoms with Crippen LogP contribution in [0.25, 0.3) is 0 Å². The molecule has 3 nitrogen and oxygen atoms in total. The molecule has 0 aromatic heterocycles. The lowest BCUT2D eigenvalue weighted by Gasteiger charge is -2.29. The Balaban J connectivity index is 2.09. The Morgan fingerprint density at radius 1 is 1.30 bits per heavy atom. The second-order valence-corrected chi connectivity index (χ2v) is 6.48. The second-order valence-electron chi connectivity index (χ2n) is 6.48. The molecule has 0 bridgehead atoms. The van der Waals surface area contributed by atoms with E-state index in [1.165, 1.54) is 19.3 Å². The molecule has 2 atom stereocenters. The van der Waals surface area contributed by atoms with Gasteiger partial charge in [-0.05, 0) is 50.3 Å². The molecule has 0 radical (unpaired) electrons. The third-order valence-electron chi connectivity index (χ3n) is 4.26. The van der Waals surface area contributed by atoms with Crippen molar-refractivity contribution >= 4 is 5.91 Å². The van der Waals surface area contributed by atoms with Crippen molar-refractivity contribution in [2.45, 2.75) is 58.1 Å². The summed E-state index contributed by atoms with van der Waals surface area (Å²) in [4.78, 5) is 12.3. The highest BCUT2D eigenvalue weighted by molar-refractivity contribution is 5.94. The van der Waals surface area contributed by atoms with E-state index in [1.54, 1.807) is 26.0 Å². The predicted molar refractivity (Wildman–Crippen MR) is 80.6 cm³/mol. The third kappa shape index (κ3) is 3.60. The first-order valence-corrected chi connectivity index (χ1v) is 7.51. The predicted octanol–water partition coefficient (Wildman–Crippen LogP) is 3.22. The number of carbonyl (C=O) groups is 1. The standard InChI is InChI=1S/C17H25NO2/c1-12-7-4-5-10-15(12)18-16(19)13-8-6-9-14(11-13)17(2,3)20/h6,8-9,11-12,15,20H,4-5,7,10H2,1-3H3,(H,18,19). The van der Waals surface area contributed by atoms with Gasteiger partial charge in [-0.15, -0.1) is 0 Å². The van der Waals surface area contributed by atoms with Gasteiger partial charge in [-0.3, -0.25) is 4.79 Å². The van der Waals surface area contributed by atoms with Crippen molar-refractivity contribution in [2.75, 3.05) is 0 Å². The number of benzene rings is 1. The smallest absolute Gasteiger partial charge is 0.251 e. The lowest BCUT2D eigenvalue weighted by molar-refractivity contribution is 0.0783. The van der Waals surface area contributed by atoms with Gasteiger partial charge in [0.05, 0.1) is 5.60 Å². The van der Waals surface area contributed by atoms with Crippen molar-refractivity contribution in [3.8, 4) is 0 Å². The Labute approximate surface area is 121 Å². The van der Waals surface area contributed by atoms with E-state index in [1.807, 2.05) is 12.1 Å². The molecule has 1 aromatic rings. The Morgan fingerprint density at radius 2 is 2.00 bits per heavy atom. The van der Waals surface area contributed by atoms with Crippen LogP contribution in [-0.4, -0.2) is 17.1 Å². The minimum atomic E-state index is -0.922. The van der Waals surface area contributed by atoms with Crippen molar-refractivity contribution in [1.82, 2.24) is 5.32 Å². The van der Waals surface area contributed by atoms with Crippen LogP contribution in [0, 0.1) is 5.92 Å². The molecule has 3 heteroatoms. The molecule has 1 fully saturated rings. The van der Waals surface area contributed by atoms with E-state index in [-0.39, 0.29) is 11.9 Å². The number of amides is 1. The lowest BCUT2D eigenvalue weighted by atomic mass is 9.86. The van der Waals surface area contributed by atoms with Crippen LogP contribution in [0.4, 0.5) is 0 Å². The van der Waals surface area contributed by atoms with Gasteiger partial charge in [0.15, 0.2) is 0 Å². The van der Waals surface area contributed by atoms with Gasteiger partial charge in [-0.1, -0.05) is 31.9 Å². The molecular weight excluding hydrogens is 250 g/mol. The molecule has 1 amide bonds. The normalized spacial score (nSPS) is 23.4. The minimum Gasteiger partial charge on any atom is -0.386 e. The average Bonchev–Trinajstić information content (AvgIpc) is 2.40. The third-order valence-corrected chi connectivity index (χ3v) is 4.26. The number of hydrogen-bond acceptors (Lipinski definition) is 2. The molecular formula is C17H25NO2. The van der Waals surface area contributed by atoms with Crippen LogP contribution in [0.15, 0.2) is 24.3 Å². The van der Waals surface area contributed by atoms with Crippen LogP contribution in [-0.2, 0) is 5.60 Å². The largest absolute Gasteiger partial charge is 0.386 e. The summed E-state index contributed by atoms with van der Waals surface area (Å²) in [6.07, 6.45) is 4.72. The molecule has 0 heterocycles. The quantitative estimate of drug-likeness (QED) is 0.890. The fraction of sp³-hybridized carbons (Fsp3) is 0.588. The van der Waals surface area contributed by atoms with Gasteiger partial charge in [0.25, 0.3) is 5.91 Å². The molecule has 2 rings (SSSR count). The molecule has 0 spiro atoms. The van der Waals surface area contributed by atoms with Crippen LogP contribution in [0.2, 0.25) is 0 Å². The molecule has 20 heavy (non-hydrogen) atoms. The SMILES string of the molecule is CC1CCCCC1NC(=O)c1cccc(C(C)(C)O)c1. The summed E-state index contributed by atoms with van der Waals surface area (Å²) >= 11 is 0. The summed E-state index contributed by atoms with van der Waals surface area (Å²) in [6.45, 7) is 5.66. The van der Waals surface area contributed by atoms with E-state index in [0.717, 1.165) is 12.0 Å². The molecule has 1 saturated carbocycles. The fourth-order valence-corrected chi connectivity index (χ4v) is 2.82. The molecule has 2 N–H and O–H groups in total. The van der Waals surface area contributed by atoms with Gasteiger partial charge in [-0.2, -0.15) is 0 Å². The van der Waals surface area contributed by atoms with E-state index in [4.69, 9.17) is 0 Å². The number of hydrogen-bond donors (Lipinski definition) is 2. The maximum Gasteiger partial charge on any atom is 0.251 e. The molecule has 0 saturated heterocycles. The topological polar surface area (TPSA) is 49.3 Å². The van der Waals surface area contributed by atoms with E-state index in [0.29, 0.717) is 11.5 Å². The van der Waals surface area contributed by atoms with Gasteiger partial charge in [-0.25, -0.2) is 0 Å². The molecule has 2 unspecified atom stereocenters. The van der Waals surface area contributed by atoms with E-state index in [9.17, 15) is 9.90 Å². The number of carbonyl (C=O) groups excluding carboxylic acids is 1. The number of nitrogens with one attached hydrogen (secondary N) is 1. The zero-order chi connectivity index (χ0) is 14.8. The monoisotopic (exact) mass is 275 g/mol. The van der Waals surface area contributed by atoms with Crippen LogP contribution < -0.4 is 5.32 Å². The van der Waals surface area contributed by atoms with Gasteiger partial charge >= 0.3 is 0 Å². The molecule has 1 aromatic carbocycles. The van der Waals surface area contributed by atoms with Gasteiger partial charge in [0, 0.05) is 11.6 Å². The maximum absolute atomic E-state index is 12.3. The maximum atomic E-state index is 12.3. The van der Waals surface area contributed by atoms with Crippen LogP contribution >= 0.6 is 0 Å². The van der Waals surface area contributed by atoms with E-state index < -0.39 is 5.60 Å². The van der Waals surface area contributed by atoms with Crippen molar-refractivity contribution in [2.24, 2.45) is 5.92 Å². The molecule has 0 aliphatic heterocycles. The van der Waals surface area contributed by atoms with Gasteiger partial charge < -0.3 is 10.4 Å². The van der Waals surface area contributed by atoms with Gasteiger partial charge in [0.2, 0.25) is 0 Å². The van der Waals surface area contributed by atoms with Gasteiger partial charge in [0.1, 0.15) is 0 Å². The number of rotatable bonds is 3. The van der Waals surface area contributed by atoms with Crippen LogP contribution in [0.5, 0.6) is 0 Å². The molecule has 1 aliphatic carbocycles. The zero-order valence-corrected chi connectivity index (χ0v) is 12.6. The summed E-state index contributed by atoms with van der Waals surface area (Å²) in [6, 6.07) is 7.54. The first kappa shape index (κ1) is 15.0. The van der Waals surface area contributed by atoms with E-state index >= 15 is 0 Å². The summed E-state index contributed by atoms with van der Waals surface area (Å²) in [5.41, 5.74) is 0.471. The van der Waals surface area contributed by atoms with Crippen molar-refractivity contribution in [3.63, 3.8) is 0 Å². The van der Waals surface area contributed by atoms with E-state index in [2.05, 4.69) is 12.2 Å². The average molecular weight is 275 g/mol. The van der Waals surface area contributed by atoms with Crippen molar-refractivity contribution in [3.05, 3.63) is 35.4 Å². The fourth-order valence-electron chi connectivity index (χ4n) is 2.82. The summed E-state index contributed by atoms with van der Waals surface area (Å²) < 4.78 is 0. The first-order chi connectivity index (χ1) is 9.38. The highest BCUT2D eigenvalue weighted by atomic mass is 16.3. The highest BCUT2D eigenvalue weighted by Gasteiger charge is 2.24. The Morgan fingerprint density at radius 3 is 2.65 bits per heavy atom. The summed E-state index contributed by atoms with van der Waals surface area (Å²) in [7, 11) is 0. The molecule has 1 aliphatic rings. The molecule has 110 valence electrons. The van der Waals surface area contributed by atoms with Crippen LogP contribution in [0.1, 0.15) is 62.4 Å².